The maximum absolute atomic E-state index is 13.4. The molecule has 0 spiro atoms. The van der Waals surface area contributed by atoms with Crippen LogP contribution in [0.25, 0.3) is 0 Å². The molecule has 1 aromatic carbocycles. The first-order valence-electron chi connectivity index (χ1n) is 7.84. The third-order valence-electron chi connectivity index (χ3n) is 3.73. The number of hydrogen-bond acceptors (Lipinski definition) is 4. The predicted molar refractivity (Wildman–Crippen MR) is 93.8 cm³/mol. The van der Waals surface area contributed by atoms with E-state index in [0.717, 1.165) is 17.3 Å². The Morgan fingerprint density at radius 3 is 2.73 bits per heavy atom. The Morgan fingerprint density at radius 1 is 1.27 bits per heavy atom. The molecular weight excluding hydrogens is 363 g/mol. The van der Waals surface area contributed by atoms with E-state index in [0.29, 0.717) is 11.3 Å². The maximum atomic E-state index is 13.4. The third kappa shape index (κ3) is 4.19. The molecule has 1 atom stereocenters. The summed E-state index contributed by atoms with van der Waals surface area (Å²) in [7, 11) is 0. The van der Waals surface area contributed by atoms with Gasteiger partial charge in [0.25, 0.3) is 5.91 Å². The minimum atomic E-state index is -4.64. The molecule has 0 saturated heterocycles. The molecule has 4 nitrogen and oxygen atoms in total. The van der Waals surface area contributed by atoms with Crippen molar-refractivity contribution in [3.05, 3.63) is 76.1 Å². The van der Waals surface area contributed by atoms with Crippen LogP contribution in [0.15, 0.2) is 59.3 Å². The van der Waals surface area contributed by atoms with Crippen molar-refractivity contribution in [1.82, 2.24) is 15.6 Å². The number of hydrogen-bond donors (Lipinski definition) is 2. The lowest BCUT2D eigenvalue weighted by molar-refractivity contribution is -0.119. The number of allylic oxidation sites excluding steroid dienone is 1. The molecule has 0 bridgehead atoms. The van der Waals surface area contributed by atoms with E-state index in [1.807, 2.05) is 13.0 Å². The van der Waals surface area contributed by atoms with Crippen molar-refractivity contribution in [2.24, 2.45) is 0 Å². The van der Waals surface area contributed by atoms with Gasteiger partial charge in [-0.2, -0.15) is 13.2 Å². The summed E-state index contributed by atoms with van der Waals surface area (Å²) >= 11 is 0.867. The summed E-state index contributed by atoms with van der Waals surface area (Å²) in [6.45, 7) is 1.92. The van der Waals surface area contributed by atoms with Crippen molar-refractivity contribution in [3.8, 4) is 0 Å². The first kappa shape index (κ1) is 18.3. The highest BCUT2D eigenvalue weighted by Crippen LogP contribution is 2.45. The van der Waals surface area contributed by atoms with Gasteiger partial charge in [-0.05, 0) is 24.6 Å². The molecule has 0 saturated carbocycles. The van der Waals surface area contributed by atoms with E-state index >= 15 is 0 Å². The van der Waals surface area contributed by atoms with E-state index in [1.165, 1.54) is 0 Å². The zero-order chi connectivity index (χ0) is 18.7. The van der Waals surface area contributed by atoms with Gasteiger partial charge in [0.1, 0.15) is 16.0 Å². The molecule has 1 unspecified atom stereocenters. The Balaban J connectivity index is 1.78. The molecule has 0 radical (unpaired) electrons. The number of thioether (sulfide) groups is 1. The van der Waals surface area contributed by atoms with Crippen LogP contribution in [0.4, 0.5) is 13.2 Å². The Morgan fingerprint density at radius 2 is 2.08 bits per heavy atom. The van der Waals surface area contributed by atoms with Crippen LogP contribution in [0, 0.1) is 6.92 Å². The average molecular weight is 379 g/mol. The molecule has 2 heterocycles. The molecule has 26 heavy (non-hydrogen) atoms. The smallest absolute Gasteiger partial charge is 0.364 e. The number of aryl methyl sites for hydroxylation is 1. The molecule has 8 heteroatoms. The molecule has 0 fully saturated rings. The van der Waals surface area contributed by atoms with Gasteiger partial charge in [0.15, 0.2) is 0 Å². The molecule has 2 aromatic rings. The van der Waals surface area contributed by atoms with Gasteiger partial charge in [-0.1, -0.05) is 47.7 Å². The lowest BCUT2D eigenvalue weighted by Gasteiger charge is -2.14. The van der Waals surface area contributed by atoms with Gasteiger partial charge >= 0.3 is 6.18 Å². The first-order chi connectivity index (χ1) is 12.3. The number of carbonyl (C=O) groups is 1. The lowest BCUT2D eigenvalue weighted by Crippen LogP contribution is -2.29. The monoisotopic (exact) mass is 379 g/mol. The quantitative estimate of drug-likeness (QED) is 0.848. The number of rotatable bonds is 4. The van der Waals surface area contributed by atoms with Gasteiger partial charge in [-0.25, -0.2) is 0 Å². The van der Waals surface area contributed by atoms with Gasteiger partial charge in [0.05, 0.1) is 12.2 Å². The second-order valence-corrected chi connectivity index (χ2v) is 6.88. The summed E-state index contributed by atoms with van der Waals surface area (Å²) in [5.74, 6) is -0.768. The van der Waals surface area contributed by atoms with E-state index in [4.69, 9.17) is 0 Å². The fourth-order valence-electron chi connectivity index (χ4n) is 2.52. The zero-order valence-electron chi connectivity index (χ0n) is 13.8. The Labute approximate surface area is 152 Å². The summed E-state index contributed by atoms with van der Waals surface area (Å²) in [5, 5.41) is 4.29. The van der Waals surface area contributed by atoms with Gasteiger partial charge in [0.2, 0.25) is 0 Å². The number of amides is 1. The second-order valence-electron chi connectivity index (χ2n) is 5.76. The molecule has 1 aromatic heterocycles. The molecule has 1 amide bonds. The van der Waals surface area contributed by atoms with E-state index in [2.05, 4.69) is 15.6 Å². The minimum Gasteiger partial charge on any atom is -0.364 e. The topological polar surface area (TPSA) is 54.0 Å². The van der Waals surface area contributed by atoms with E-state index in [-0.39, 0.29) is 11.4 Å². The highest BCUT2D eigenvalue weighted by atomic mass is 32.2. The van der Waals surface area contributed by atoms with Crippen molar-refractivity contribution in [3.63, 3.8) is 0 Å². The zero-order valence-corrected chi connectivity index (χ0v) is 14.6. The summed E-state index contributed by atoms with van der Waals surface area (Å²) in [5.41, 5.74) is 1.18. The fraction of sp³-hybridized carbons (Fsp3) is 0.222. The Kier molecular flexibility index (Phi) is 5.22. The number of nitrogens with zero attached hydrogens (tertiary/aromatic N) is 1. The Hall–Kier alpha value is -2.48. The van der Waals surface area contributed by atoms with E-state index in [1.54, 1.807) is 42.6 Å². The number of alkyl halides is 3. The van der Waals surface area contributed by atoms with Crippen LogP contribution in [-0.4, -0.2) is 17.1 Å². The van der Waals surface area contributed by atoms with Crippen molar-refractivity contribution in [2.75, 3.05) is 0 Å². The van der Waals surface area contributed by atoms with Crippen molar-refractivity contribution in [2.45, 2.75) is 25.0 Å². The van der Waals surface area contributed by atoms with Crippen LogP contribution in [-0.2, 0) is 11.3 Å². The number of aromatic nitrogens is 1. The van der Waals surface area contributed by atoms with E-state index in [9.17, 15) is 18.0 Å². The molecule has 1 aliphatic heterocycles. The maximum Gasteiger partial charge on any atom is 0.432 e. The normalized spacial score (nSPS) is 17.2. The number of benzene rings is 1. The molecule has 3 rings (SSSR count). The van der Waals surface area contributed by atoms with Gasteiger partial charge in [-0.15, -0.1) is 0 Å². The first-order valence-corrected chi connectivity index (χ1v) is 8.72. The highest BCUT2D eigenvalue weighted by molar-refractivity contribution is 8.04. The molecule has 136 valence electrons. The number of halogens is 3. The van der Waals surface area contributed by atoms with Crippen LogP contribution in [0.3, 0.4) is 0 Å². The summed E-state index contributed by atoms with van der Waals surface area (Å²) in [6, 6.07) is 12.3. The van der Waals surface area contributed by atoms with Gasteiger partial charge in [0, 0.05) is 6.20 Å². The summed E-state index contributed by atoms with van der Waals surface area (Å²) < 4.78 is 40.1. The van der Waals surface area contributed by atoms with E-state index < -0.39 is 23.2 Å². The lowest BCUT2D eigenvalue weighted by atomic mass is 10.1. The summed E-state index contributed by atoms with van der Waals surface area (Å²) in [6.07, 6.45) is -3.08. The van der Waals surface area contributed by atoms with Crippen LogP contribution >= 0.6 is 11.8 Å². The SMILES string of the molecule is Cc1cccc(C2NC(C(F)(F)F)=C(C(=O)NCc3ccccn3)S2)c1. The number of nitrogens with one attached hydrogen (secondary N) is 2. The van der Waals surface area contributed by atoms with Gasteiger partial charge < -0.3 is 10.6 Å². The second kappa shape index (κ2) is 7.41. The van der Waals surface area contributed by atoms with Crippen molar-refractivity contribution in [1.29, 1.82) is 0 Å². The number of carbonyl (C=O) groups excluding carboxylic acids is 1. The molecule has 0 aliphatic carbocycles. The fourth-order valence-corrected chi connectivity index (χ4v) is 3.69. The van der Waals surface area contributed by atoms with Gasteiger partial charge in [-0.3, -0.25) is 9.78 Å². The average Bonchev–Trinajstić information content (AvgIpc) is 3.06. The van der Waals surface area contributed by atoms with Crippen LogP contribution in [0.2, 0.25) is 0 Å². The van der Waals surface area contributed by atoms with Crippen molar-refractivity contribution >= 4 is 17.7 Å². The Bertz CT molecular complexity index is 837. The molecule has 2 N–H and O–H groups in total. The third-order valence-corrected chi connectivity index (χ3v) is 4.98. The molecule has 1 aliphatic rings. The number of pyridine rings is 1. The largest absolute Gasteiger partial charge is 0.432 e. The standard InChI is InChI=1S/C18H16F3N3OS/c1-11-5-4-6-12(9-11)17-24-15(18(19,20)21)14(26-17)16(25)23-10-13-7-2-3-8-22-13/h2-9,17,24H,10H2,1H3,(H,23,25). The van der Waals surface area contributed by atoms with Crippen molar-refractivity contribution < 1.29 is 18.0 Å². The predicted octanol–water partition coefficient (Wildman–Crippen LogP) is 3.82. The summed E-state index contributed by atoms with van der Waals surface area (Å²) in [4.78, 5) is 16.0. The molecular formula is C18H16F3N3OS. The van der Waals surface area contributed by atoms with Crippen LogP contribution in [0.1, 0.15) is 22.2 Å². The van der Waals surface area contributed by atoms with Crippen LogP contribution < -0.4 is 10.6 Å². The van der Waals surface area contributed by atoms with Crippen LogP contribution in [0.5, 0.6) is 0 Å². The minimum absolute atomic E-state index is 0.0595. The highest BCUT2D eigenvalue weighted by Gasteiger charge is 2.44.